The molecule has 0 aliphatic heterocycles. The van der Waals surface area contributed by atoms with Gasteiger partial charge < -0.3 is 0 Å². The van der Waals surface area contributed by atoms with Crippen molar-refractivity contribution in [3.63, 3.8) is 0 Å². The first-order valence-corrected chi connectivity index (χ1v) is 8.37. The molecule has 0 aliphatic carbocycles. The Balaban J connectivity index is 1.79. The van der Waals surface area contributed by atoms with E-state index < -0.39 is 0 Å². The van der Waals surface area contributed by atoms with Gasteiger partial charge in [0.2, 0.25) is 10.8 Å². The SMILES string of the molecule is CC[C@@H](c1ccccc1)c1nn2c(-c3ccccn3)nnc2s1. The molecule has 1 atom stereocenters. The molecule has 6 heteroatoms. The van der Waals surface area contributed by atoms with Gasteiger partial charge in [-0.15, -0.1) is 10.2 Å². The molecular weight excluding hydrogens is 306 g/mol. The van der Waals surface area contributed by atoms with Gasteiger partial charge in [0, 0.05) is 12.1 Å². The Morgan fingerprint density at radius 2 is 1.87 bits per heavy atom. The van der Waals surface area contributed by atoms with Crippen LogP contribution in [-0.4, -0.2) is 24.8 Å². The molecule has 3 heterocycles. The van der Waals surface area contributed by atoms with Crippen molar-refractivity contribution in [2.24, 2.45) is 0 Å². The monoisotopic (exact) mass is 321 g/mol. The molecule has 1 aromatic carbocycles. The lowest BCUT2D eigenvalue weighted by Gasteiger charge is -2.11. The zero-order chi connectivity index (χ0) is 15.6. The first kappa shape index (κ1) is 14.0. The number of hydrogen-bond acceptors (Lipinski definition) is 5. The topological polar surface area (TPSA) is 56.0 Å². The summed E-state index contributed by atoms with van der Waals surface area (Å²) in [4.78, 5) is 5.15. The van der Waals surface area contributed by atoms with Gasteiger partial charge in [-0.1, -0.05) is 54.7 Å². The summed E-state index contributed by atoms with van der Waals surface area (Å²) in [6, 6.07) is 16.2. The highest BCUT2D eigenvalue weighted by Gasteiger charge is 2.20. The molecule has 23 heavy (non-hydrogen) atoms. The lowest BCUT2D eigenvalue weighted by molar-refractivity contribution is 0.743. The van der Waals surface area contributed by atoms with Crippen molar-refractivity contribution in [3.05, 3.63) is 65.3 Å². The first-order valence-electron chi connectivity index (χ1n) is 7.55. The molecule has 4 rings (SSSR count). The molecule has 3 aromatic heterocycles. The van der Waals surface area contributed by atoms with E-state index in [0.717, 1.165) is 22.1 Å². The van der Waals surface area contributed by atoms with Crippen LogP contribution in [-0.2, 0) is 0 Å². The van der Waals surface area contributed by atoms with Crippen molar-refractivity contribution in [2.75, 3.05) is 0 Å². The zero-order valence-electron chi connectivity index (χ0n) is 12.6. The molecule has 0 amide bonds. The predicted octanol–water partition coefficient (Wildman–Crippen LogP) is 3.79. The maximum Gasteiger partial charge on any atom is 0.235 e. The number of aromatic nitrogens is 5. The fraction of sp³-hybridized carbons (Fsp3) is 0.176. The molecule has 0 bridgehead atoms. The van der Waals surface area contributed by atoms with Gasteiger partial charge in [0.05, 0.1) is 0 Å². The minimum atomic E-state index is 0.277. The number of nitrogens with zero attached hydrogens (tertiary/aromatic N) is 5. The van der Waals surface area contributed by atoms with E-state index in [1.807, 2.05) is 24.3 Å². The van der Waals surface area contributed by atoms with Crippen molar-refractivity contribution < 1.29 is 0 Å². The van der Waals surface area contributed by atoms with Crippen molar-refractivity contribution in [1.29, 1.82) is 0 Å². The second-order valence-corrected chi connectivity index (χ2v) is 6.23. The third-order valence-corrected chi connectivity index (χ3v) is 4.82. The maximum absolute atomic E-state index is 4.77. The Hall–Kier alpha value is -2.60. The average Bonchev–Trinajstić information content (AvgIpc) is 3.18. The van der Waals surface area contributed by atoms with E-state index in [9.17, 15) is 0 Å². The summed E-state index contributed by atoms with van der Waals surface area (Å²) in [5.41, 5.74) is 2.06. The van der Waals surface area contributed by atoms with E-state index in [2.05, 4.69) is 46.4 Å². The Labute approximate surface area is 137 Å². The van der Waals surface area contributed by atoms with Crippen LogP contribution >= 0.6 is 11.3 Å². The second kappa shape index (κ2) is 5.89. The molecule has 0 unspecified atom stereocenters. The summed E-state index contributed by atoms with van der Waals surface area (Å²) in [7, 11) is 0. The smallest absolute Gasteiger partial charge is 0.235 e. The minimum Gasteiger partial charge on any atom is -0.253 e. The number of pyridine rings is 1. The highest BCUT2D eigenvalue weighted by molar-refractivity contribution is 7.16. The summed E-state index contributed by atoms with van der Waals surface area (Å²) in [5, 5.41) is 14.3. The van der Waals surface area contributed by atoms with Crippen LogP contribution < -0.4 is 0 Å². The largest absolute Gasteiger partial charge is 0.253 e. The predicted molar refractivity (Wildman–Crippen MR) is 90.5 cm³/mol. The maximum atomic E-state index is 4.77. The number of hydrogen-bond donors (Lipinski definition) is 0. The average molecular weight is 321 g/mol. The Kier molecular flexibility index (Phi) is 3.59. The van der Waals surface area contributed by atoms with Crippen LogP contribution in [0.3, 0.4) is 0 Å². The van der Waals surface area contributed by atoms with E-state index in [1.54, 1.807) is 22.0 Å². The molecule has 0 saturated heterocycles. The molecule has 0 aliphatic rings. The van der Waals surface area contributed by atoms with Gasteiger partial charge in [0.15, 0.2) is 0 Å². The first-order chi connectivity index (χ1) is 11.4. The van der Waals surface area contributed by atoms with Crippen LogP contribution in [0.4, 0.5) is 0 Å². The zero-order valence-corrected chi connectivity index (χ0v) is 13.4. The van der Waals surface area contributed by atoms with Crippen molar-refractivity contribution in [3.8, 4) is 11.5 Å². The molecule has 0 fully saturated rings. The van der Waals surface area contributed by atoms with Crippen molar-refractivity contribution in [1.82, 2.24) is 24.8 Å². The van der Waals surface area contributed by atoms with Gasteiger partial charge in [-0.25, -0.2) is 0 Å². The van der Waals surface area contributed by atoms with Gasteiger partial charge >= 0.3 is 0 Å². The van der Waals surface area contributed by atoms with Gasteiger partial charge in [0.25, 0.3) is 0 Å². The van der Waals surface area contributed by atoms with Crippen LogP contribution in [0.25, 0.3) is 16.5 Å². The van der Waals surface area contributed by atoms with Crippen LogP contribution in [0.15, 0.2) is 54.7 Å². The third kappa shape index (κ3) is 2.51. The van der Waals surface area contributed by atoms with Gasteiger partial charge in [-0.2, -0.15) is 9.61 Å². The summed E-state index contributed by atoms with van der Waals surface area (Å²) >= 11 is 1.59. The molecule has 0 saturated carbocycles. The fourth-order valence-electron chi connectivity index (χ4n) is 2.67. The van der Waals surface area contributed by atoms with E-state index in [1.165, 1.54) is 5.56 Å². The van der Waals surface area contributed by atoms with Crippen molar-refractivity contribution >= 4 is 16.3 Å². The molecule has 0 N–H and O–H groups in total. The quantitative estimate of drug-likeness (QED) is 0.574. The Morgan fingerprint density at radius 3 is 2.61 bits per heavy atom. The highest BCUT2D eigenvalue weighted by atomic mass is 32.1. The molecule has 5 nitrogen and oxygen atoms in total. The summed E-state index contributed by atoms with van der Waals surface area (Å²) in [5.74, 6) is 0.963. The van der Waals surface area contributed by atoms with Gasteiger partial charge in [-0.05, 0) is 24.1 Å². The van der Waals surface area contributed by atoms with Crippen LogP contribution in [0, 0.1) is 0 Å². The lowest BCUT2D eigenvalue weighted by atomic mass is 9.97. The lowest BCUT2D eigenvalue weighted by Crippen LogP contribution is -2.01. The van der Waals surface area contributed by atoms with Crippen LogP contribution in [0.1, 0.15) is 29.8 Å². The second-order valence-electron chi connectivity index (χ2n) is 5.24. The molecular formula is C17H15N5S. The molecule has 114 valence electrons. The van der Waals surface area contributed by atoms with E-state index in [4.69, 9.17) is 5.10 Å². The molecule has 0 radical (unpaired) electrons. The Bertz CT molecular complexity index is 914. The Morgan fingerprint density at radius 1 is 1.04 bits per heavy atom. The van der Waals surface area contributed by atoms with Gasteiger partial charge in [-0.3, -0.25) is 4.98 Å². The molecule has 0 spiro atoms. The summed E-state index contributed by atoms with van der Waals surface area (Å²) in [6.07, 6.45) is 2.75. The summed E-state index contributed by atoms with van der Waals surface area (Å²) < 4.78 is 1.80. The fourth-order valence-corrected chi connectivity index (χ4v) is 3.72. The standard InChI is InChI=1S/C17H15N5S/c1-2-13(12-8-4-3-5-9-12)16-21-22-15(19-20-17(22)23-16)14-10-6-7-11-18-14/h3-11,13H,2H2,1H3/t13-/m0/s1. The highest BCUT2D eigenvalue weighted by Crippen LogP contribution is 2.31. The van der Waals surface area contributed by atoms with Crippen LogP contribution in [0.2, 0.25) is 0 Å². The van der Waals surface area contributed by atoms with Gasteiger partial charge in [0.1, 0.15) is 10.7 Å². The van der Waals surface area contributed by atoms with Crippen molar-refractivity contribution in [2.45, 2.75) is 19.3 Å². The van der Waals surface area contributed by atoms with E-state index >= 15 is 0 Å². The number of fused-ring (bicyclic) bond motifs is 1. The number of rotatable bonds is 4. The number of benzene rings is 1. The summed E-state index contributed by atoms with van der Waals surface area (Å²) in [6.45, 7) is 2.18. The minimum absolute atomic E-state index is 0.277. The van der Waals surface area contributed by atoms with E-state index in [0.29, 0.717) is 5.82 Å². The molecule has 4 aromatic rings. The van der Waals surface area contributed by atoms with E-state index in [-0.39, 0.29) is 5.92 Å². The third-order valence-electron chi connectivity index (χ3n) is 3.81. The van der Waals surface area contributed by atoms with Crippen LogP contribution in [0.5, 0.6) is 0 Å². The normalized spacial score (nSPS) is 12.6.